The van der Waals surface area contributed by atoms with E-state index < -0.39 is 5.41 Å². The van der Waals surface area contributed by atoms with E-state index in [0.717, 1.165) is 25.7 Å². The molecule has 3 aliphatic heterocycles. The van der Waals surface area contributed by atoms with Crippen molar-refractivity contribution in [3.05, 3.63) is 0 Å². The molecule has 3 saturated heterocycles. The Bertz CT molecular complexity index is 349. The van der Waals surface area contributed by atoms with Gasteiger partial charge < -0.3 is 24.4 Å². The first-order valence-corrected chi connectivity index (χ1v) is 7.38. The van der Waals surface area contributed by atoms with E-state index in [1.54, 1.807) is 0 Å². The monoisotopic (exact) mass is 270 g/mol. The SMILES string of the molecule is OCC1(CO)CCCCC12C1OC1COCC1OC12. The summed E-state index contributed by atoms with van der Waals surface area (Å²) >= 11 is 0. The Morgan fingerprint density at radius 3 is 2.05 bits per heavy atom. The maximum absolute atomic E-state index is 9.99. The highest BCUT2D eigenvalue weighted by molar-refractivity contribution is 5.20. The van der Waals surface area contributed by atoms with Crippen LogP contribution in [0.5, 0.6) is 0 Å². The topological polar surface area (TPSA) is 74.8 Å². The van der Waals surface area contributed by atoms with Crippen molar-refractivity contribution in [2.75, 3.05) is 26.4 Å². The number of epoxide rings is 2. The van der Waals surface area contributed by atoms with Gasteiger partial charge in [0.2, 0.25) is 0 Å². The summed E-state index contributed by atoms with van der Waals surface area (Å²) in [6.45, 7) is 1.27. The Hall–Kier alpha value is -0.200. The lowest BCUT2D eigenvalue weighted by atomic mass is 9.52. The minimum Gasteiger partial charge on any atom is -0.396 e. The third-order valence-electron chi connectivity index (χ3n) is 5.83. The van der Waals surface area contributed by atoms with Crippen LogP contribution in [-0.4, -0.2) is 61.1 Å². The van der Waals surface area contributed by atoms with Crippen molar-refractivity contribution in [1.82, 2.24) is 0 Å². The van der Waals surface area contributed by atoms with Gasteiger partial charge in [0.25, 0.3) is 0 Å². The van der Waals surface area contributed by atoms with Gasteiger partial charge in [0.05, 0.1) is 38.6 Å². The maximum Gasteiger partial charge on any atom is 0.108 e. The standard InChI is InChI=1S/C14H22O5/c15-7-13(8-16)3-1-2-4-14(13)11-9(18-11)5-17-6-10-12(14)19-10/h9-12,15-16H,1-8H2. The molecular formula is C14H22O5. The van der Waals surface area contributed by atoms with Crippen LogP contribution in [0.15, 0.2) is 0 Å². The third kappa shape index (κ3) is 1.54. The second-order valence-corrected chi connectivity index (χ2v) is 6.57. The average molecular weight is 270 g/mol. The van der Waals surface area contributed by atoms with Crippen molar-refractivity contribution in [2.45, 2.75) is 50.1 Å². The van der Waals surface area contributed by atoms with Crippen LogP contribution in [0.25, 0.3) is 0 Å². The first-order chi connectivity index (χ1) is 9.27. The Labute approximate surface area is 112 Å². The molecule has 0 aromatic rings. The molecule has 0 aromatic heterocycles. The van der Waals surface area contributed by atoms with Crippen molar-refractivity contribution in [3.8, 4) is 0 Å². The molecule has 4 fully saturated rings. The van der Waals surface area contributed by atoms with E-state index in [0.29, 0.717) is 13.2 Å². The molecule has 0 amide bonds. The average Bonchev–Trinajstić information content (AvgIpc) is 3.34. The Kier molecular flexibility index (Phi) is 2.74. The summed E-state index contributed by atoms with van der Waals surface area (Å²) in [5, 5.41) is 20.0. The van der Waals surface area contributed by atoms with E-state index >= 15 is 0 Å². The van der Waals surface area contributed by atoms with Gasteiger partial charge in [-0.1, -0.05) is 12.8 Å². The van der Waals surface area contributed by atoms with E-state index in [1.165, 1.54) is 0 Å². The van der Waals surface area contributed by atoms with Gasteiger partial charge in [0, 0.05) is 10.8 Å². The fraction of sp³-hybridized carbons (Fsp3) is 1.00. The minimum atomic E-state index is -0.457. The van der Waals surface area contributed by atoms with Crippen LogP contribution in [0.3, 0.4) is 0 Å². The number of ether oxygens (including phenoxy) is 3. The van der Waals surface area contributed by atoms with E-state index in [4.69, 9.17) is 14.2 Å². The van der Waals surface area contributed by atoms with E-state index in [9.17, 15) is 10.2 Å². The molecule has 4 atom stereocenters. The van der Waals surface area contributed by atoms with E-state index in [2.05, 4.69) is 0 Å². The third-order valence-corrected chi connectivity index (χ3v) is 5.83. The van der Waals surface area contributed by atoms with Crippen molar-refractivity contribution in [2.24, 2.45) is 10.8 Å². The molecule has 108 valence electrons. The molecule has 4 rings (SSSR count). The minimum absolute atomic E-state index is 0.0174. The maximum atomic E-state index is 9.99. The number of aliphatic hydroxyl groups is 2. The summed E-state index contributed by atoms with van der Waals surface area (Å²) in [6, 6.07) is 0. The Morgan fingerprint density at radius 1 is 0.895 bits per heavy atom. The second-order valence-electron chi connectivity index (χ2n) is 6.57. The number of rotatable bonds is 2. The highest BCUT2D eigenvalue weighted by Gasteiger charge is 2.73. The Balaban J connectivity index is 1.75. The zero-order chi connectivity index (χ0) is 13.1. The van der Waals surface area contributed by atoms with E-state index in [-0.39, 0.29) is 43.0 Å². The van der Waals surface area contributed by atoms with Gasteiger partial charge in [0.15, 0.2) is 0 Å². The van der Waals surface area contributed by atoms with Gasteiger partial charge in [-0.3, -0.25) is 0 Å². The van der Waals surface area contributed by atoms with Crippen LogP contribution in [0.1, 0.15) is 25.7 Å². The highest BCUT2D eigenvalue weighted by Crippen LogP contribution is 2.65. The molecule has 1 aliphatic carbocycles. The van der Waals surface area contributed by atoms with Crippen molar-refractivity contribution in [3.63, 3.8) is 0 Å². The summed E-state index contributed by atoms with van der Waals surface area (Å²) in [5.41, 5.74) is -0.671. The summed E-state index contributed by atoms with van der Waals surface area (Å²) in [7, 11) is 0. The second kappa shape index (κ2) is 4.15. The van der Waals surface area contributed by atoms with Crippen LogP contribution < -0.4 is 0 Å². The van der Waals surface area contributed by atoms with Gasteiger partial charge in [-0.2, -0.15) is 0 Å². The van der Waals surface area contributed by atoms with Gasteiger partial charge in [-0.25, -0.2) is 0 Å². The lowest BCUT2D eigenvalue weighted by molar-refractivity contribution is -0.118. The van der Waals surface area contributed by atoms with Crippen LogP contribution in [0.4, 0.5) is 0 Å². The Morgan fingerprint density at radius 2 is 1.47 bits per heavy atom. The molecule has 0 aromatic carbocycles. The quantitative estimate of drug-likeness (QED) is 0.695. The summed E-state index contributed by atoms with van der Waals surface area (Å²) in [6.07, 6.45) is 4.46. The van der Waals surface area contributed by atoms with Gasteiger partial charge >= 0.3 is 0 Å². The summed E-state index contributed by atoms with van der Waals surface area (Å²) in [5.74, 6) is 0. The van der Waals surface area contributed by atoms with E-state index in [1.807, 2.05) is 0 Å². The normalized spacial score (nSPS) is 50.8. The zero-order valence-corrected chi connectivity index (χ0v) is 11.1. The molecule has 0 radical (unpaired) electrons. The number of fused-ring (bicyclic) bond motifs is 4. The molecule has 4 unspecified atom stereocenters. The molecule has 2 N–H and O–H groups in total. The van der Waals surface area contributed by atoms with Crippen LogP contribution in [0.2, 0.25) is 0 Å². The lowest BCUT2D eigenvalue weighted by Crippen LogP contribution is -2.57. The van der Waals surface area contributed by atoms with Gasteiger partial charge in [-0.05, 0) is 12.8 Å². The molecule has 1 saturated carbocycles. The fourth-order valence-corrected chi connectivity index (χ4v) is 4.68. The lowest BCUT2D eigenvalue weighted by Gasteiger charge is -2.51. The summed E-state index contributed by atoms with van der Waals surface area (Å²) < 4.78 is 17.3. The van der Waals surface area contributed by atoms with Crippen molar-refractivity contribution < 1.29 is 24.4 Å². The number of aliphatic hydroxyl groups excluding tert-OH is 2. The smallest absolute Gasteiger partial charge is 0.108 e. The van der Waals surface area contributed by atoms with Crippen LogP contribution in [0, 0.1) is 10.8 Å². The van der Waals surface area contributed by atoms with Crippen molar-refractivity contribution >= 4 is 0 Å². The molecule has 0 bridgehead atoms. The molecule has 5 heteroatoms. The predicted octanol–water partition coefficient (Wildman–Crippen LogP) is 0.0828. The molecule has 5 nitrogen and oxygen atoms in total. The zero-order valence-electron chi connectivity index (χ0n) is 11.1. The largest absolute Gasteiger partial charge is 0.396 e. The summed E-state index contributed by atoms with van der Waals surface area (Å²) in [4.78, 5) is 0. The molecule has 3 heterocycles. The van der Waals surface area contributed by atoms with Crippen LogP contribution in [-0.2, 0) is 14.2 Å². The molecule has 4 aliphatic rings. The van der Waals surface area contributed by atoms with Crippen LogP contribution >= 0.6 is 0 Å². The number of hydrogen-bond acceptors (Lipinski definition) is 5. The predicted molar refractivity (Wildman–Crippen MR) is 65.6 cm³/mol. The first-order valence-electron chi connectivity index (χ1n) is 7.38. The van der Waals surface area contributed by atoms with Gasteiger partial charge in [0.1, 0.15) is 12.2 Å². The fourth-order valence-electron chi connectivity index (χ4n) is 4.68. The first kappa shape index (κ1) is 12.5. The molecule has 1 spiro atoms. The molecule has 19 heavy (non-hydrogen) atoms. The molecular weight excluding hydrogens is 248 g/mol. The van der Waals surface area contributed by atoms with Crippen molar-refractivity contribution in [1.29, 1.82) is 0 Å². The highest BCUT2D eigenvalue weighted by atomic mass is 16.7. The van der Waals surface area contributed by atoms with Gasteiger partial charge in [-0.15, -0.1) is 0 Å². The number of hydrogen-bond donors (Lipinski definition) is 2.